The second kappa shape index (κ2) is 4.91. The molecule has 2 amide bonds. The number of aromatic nitrogens is 2. The minimum absolute atomic E-state index is 0.169. The molecule has 4 N–H and O–H groups in total. The molecule has 2 rings (SSSR count). The van der Waals surface area contributed by atoms with Gasteiger partial charge in [0.1, 0.15) is 6.04 Å². The molecule has 8 heteroatoms. The van der Waals surface area contributed by atoms with Gasteiger partial charge in [-0.05, 0) is 6.42 Å². The van der Waals surface area contributed by atoms with E-state index in [9.17, 15) is 9.59 Å². The number of piperidine rings is 1. The van der Waals surface area contributed by atoms with Gasteiger partial charge in [-0.3, -0.25) is 14.9 Å². The molecule has 0 saturated carbocycles. The van der Waals surface area contributed by atoms with E-state index < -0.39 is 6.04 Å². The highest BCUT2D eigenvalue weighted by molar-refractivity contribution is 6.01. The molecule has 1 unspecified atom stereocenters. The summed E-state index contributed by atoms with van der Waals surface area (Å²) in [6.07, 6.45) is 1.20. The molecular weight excluding hydrogens is 226 g/mol. The number of nitrogens with one attached hydrogen (secondary N) is 2. The molecule has 1 aliphatic rings. The Kier molecular flexibility index (Phi) is 3.33. The Morgan fingerprint density at radius 2 is 2.29 bits per heavy atom. The third kappa shape index (κ3) is 2.78. The molecule has 8 nitrogen and oxygen atoms in total. The predicted molar refractivity (Wildman–Crippen MR) is 56.9 cm³/mol. The number of hydrogen-bond donors (Lipinski definition) is 3. The van der Waals surface area contributed by atoms with Crippen LogP contribution in [0.25, 0.3) is 0 Å². The maximum Gasteiger partial charge on any atom is 0.316 e. The summed E-state index contributed by atoms with van der Waals surface area (Å²) in [6, 6.07) is -0.346. The van der Waals surface area contributed by atoms with Crippen molar-refractivity contribution in [2.24, 2.45) is 5.73 Å². The van der Waals surface area contributed by atoms with E-state index in [4.69, 9.17) is 10.2 Å². The maximum absolute atomic E-state index is 11.4. The van der Waals surface area contributed by atoms with Gasteiger partial charge >= 0.3 is 6.01 Å². The average molecular weight is 239 g/mol. The van der Waals surface area contributed by atoms with Gasteiger partial charge in [-0.25, -0.2) is 0 Å². The van der Waals surface area contributed by atoms with Crippen LogP contribution in [0.1, 0.15) is 18.7 Å². The first kappa shape index (κ1) is 11.5. The first-order chi connectivity index (χ1) is 8.19. The van der Waals surface area contributed by atoms with Crippen molar-refractivity contribution in [3.63, 3.8) is 0 Å². The van der Waals surface area contributed by atoms with E-state index >= 15 is 0 Å². The van der Waals surface area contributed by atoms with Crippen molar-refractivity contribution in [3.8, 4) is 0 Å². The second-order valence-corrected chi connectivity index (χ2v) is 3.69. The molecule has 0 radical (unpaired) electrons. The molecule has 1 aliphatic heterocycles. The number of imide groups is 1. The zero-order chi connectivity index (χ0) is 12.3. The lowest BCUT2D eigenvalue weighted by Gasteiger charge is -2.20. The fourth-order valence-electron chi connectivity index (χ4n) is 1.52. The Bertz CT molecular complexity index is 430. The van der Waals surface area contributed by atoms with Crippen LogP contribution in [0.2, 0.25) is 0 Å². The van der Waals surface area contributed by atoms with Crippen molar-refractivity contribution in [1.82, 2.24) is 15.5 Å². The van der Waals surface area contributed by atoms with Crippen LogP contribution in [0.4, 0.5) is 6.01 Å². The summed E-state index contributed by atoms with van der Waals surface area (Å²) in [6.45, 7) is 0.417. The van der Waals surface area contributed by atoms with Crippen LogP contribution in [-0.2, 0) is 16.0 Å². The molecule has 0 bridgehead atoms. The van der Waals surface area contributed by atoms with Gasteiger partial charge in [0.05, 0.1) is 0 Å². The summed E-state index contributed by atoms with van der Waals surface area (Å²) in [5.74, 6) is -0.218. The second-order valence-electron chi connectivity index (χ2n) is 3.69. The van der Waals surface area contributed by atoms with Gasteiger partial charge in [0, 0.05) is 19.4 Å². The van der Waals surface area contributed by atoms with E-state index in [1.165, 1.54) is 0 Å². The summed E-state index contributed by atoms with van der Waals surface area (Å²) in [5.41, 5.74) is 5.34. The van der Waals surface area contributed by atoms with Crippen molar-refractivity contribution in [2.75, 3.05) is 11.9 Å². The summed E-state index contributed by atoms with van der Waals surface area (Å²) in [4.78, 5) is 22.4. The minimum Gasteiger partial charge on any atom is -0.408 e. The number of carbonyl (C=O) groups is 2. The highest BCUT2D eigenvalue weighted by Crippen LogP contribution is 2.12. The third-order valence-corrected chi connectivity index (χ3v) is 2.36. The van der Waals surface area contributed by atoms with Crippen molar-refractivity contribution in [1.29, 1.82) is 0 Å². The molecule has 92 valence electrons. The van der Waals surface area contributed by atoms with E-state index in [0.717, 1.165) is 0 Å². The largest absolute Gasteiger partial charge is 0.408 e. The first-order valence-electron chi connectivity index (χ1n) is 5.31. The van der Waals surface area contributed by atoms with Crippen LogP contribution in [0.5, 0.6) is 0 Å². The zero-order valence-electron chi connectivity index (χ0n) is 9.10. The Hall–Kier alpha value is -1.96. The topological polar surface area (TPSA) is 123 Å². The number of nitrogens with zero attached hydrogens (tertiary/aromatic N) is 2. The SMILES string of the molecule is NCCc1nnc(NC2CCC(=O)NC2=O)o1. The monoisotopic (exact) mass is 239 g/mol. The van der Waals surface area contributed by atoms with Gasteiger partial charge in [-0.15, -0.1) is 5.10 Å². The Morgan fingerprint density at radius 1 is 1.47 bits per heavy atom. The standard InChI is InChI=1S/C9H13N5O3/c10-4-3-7-13-14-9(17-7)11-5-1-2-6(15)12-8(5)16/h5H,1-4,10H2,(H,11,14)(H,12,15,16). The van der Waals surface area contributed by atoms with E-state index in [2.05, 4.69) is 20.8 Å². The quantitative estimate of drug-likeness (QED) is 0.563. The molecule has 1 aromatic heterocycles. The molecule has 17 heavy (non-hydrogen) atoms. The average Bonchev–Trinajstić information content (AvgIpc) is 2.71. The molecule has 0 aromatic carbocycles. The molecule has 1 saturated heterocycles. The van der Waals surface area contributed by atoms with Crippen molar-refractivity contribution < 1.29 is 14.0 Å². The molecule has 0 spiro atoms. The predicted octanol–water partition coefficient (Wildman–Crippen LogP) is -1.21. The van der Waals surface area contributed by atoms with Gasteiger partial charge in [-0.2, -0.15) is 0 Å². The summed E-state index contributed by atoms with van der Waals surface area (Å²) < 4.78 is 5.22. The molecule has 0 aliphatic carbocycles. The van der Waals surface area contributed by atoms with Crippen molar-refractivity contribution in [3.05, 3.63) is 5.89 Å². The van der Waals surface area contributed by atoms with Gasteiger partial charge in [0.2, 0.25) is 17.7 Å². The number of amides is 2. The van der Waals surface area contributed by atoms with Gasteiger partial charge in [0.15, 0.2) is 0 Å². The van der Waals surface area contributed by atoms with Gasteiger partial charge in [-0.1, -0.05) is 5.10 Å². The summed E-state index contributed by atoms with van der Waals surface area (Å²) >= 11 is 0. The normalized spacial score (nSPS) is 20.2. The van der Waals surface area contributed by atoms with E-state index in [1.807, 2.05) is 0 Å². The number of carbonyl (C=O) groups excluding carboxylic acids is 2. The molecule has 1 fully saturated rings. The highest BCUT2D eigenvalue weighted by Gasteiger charge is 2.27. The lowest BCUT2D eigenvalue weighted by molar-refractivity contribution is -0.133. The third-order valence-electron chi connectivity index (χ3n) is 2.36. The summed E-state index contributed by atoms with van der Waals surface area (Å²) in [5, 5.41) is 12.5. The number of rotatable bonds is 4. The van der Waals surface area contributed by atoms with Crippen LogP contribution in [0, 0.1) is 0 Å². The van der Waals surface area contributed by atoms with Gasteiger partial charge < -0.3 is 15.5 Å². The number of anilines is 1. The lowest BCUT2D eigenvalue weighted by Crippen LogP contribution is -2.47. The van der Waals surface area contributed by atoms with Gasteiger partial charge in [0.25, 0.3) is 0 Å². The van der Waals surface area contributed by atoms with Crippen LogP contribution in [0.15, 0.2) is 4.42 Å². The Morgan fingerprint density at radius 3 is 3.00 bits per heavy atom. The fourth-order valence-corrected chi connectivity index (χ4v) is 1.52. The van der Waals surface area contributed by atoms with Crippen LogP contribution in [0.3, 0.4) is 0 Å². The molecular formula is C9H13N5O3. The molecule has 2 heterocycles. The molecule has 1 aromatic rings. The minimum atomic E-state index is -0.515. The van der Waals surface area contributed by atoms with Crippen LogP contribution < -0.4 is 16.4 Å². The highest BCUT2D eigenvalue weighted by atomic mass is 16.4. The summed E-state index contributed by atoms with van der Waals surface area (Å²) in [7, 11) is 0. The van der Waals surface area contributed by atoms with E-state index in [0.29, 0.717) is 31.7 Å². The van der Waals surface area contributed by atoms with Crippen LogP contribution >= 0.6 is 0 Å². The molecule has 1 atom stereocenters. The number of hydrogen-bond acceptors (Lipinski definition) is 7. The number of nitrogens with two attached hydrogens (primary N) is 1. The Labute approximate surface area is 96.9 Å². The fraction of sp³-hybridized carbons (Fsp3) is 0.556. The first-order valence-corrected chi connectivity index (χ1v) is 5.31. The Balaban J connectivity index is 1.95. The van der Waals surface area contributed by atoms with Crippen molar-refractivity contribution >= 4 is 17.8 Å². The maximum atomic E-state index is 11.4. The van der Waals surface area contributed by atoms with Crippen LogP contribution in [-0.4, -0.2) is 34.6 Å². The van der Waals surface area contributed by atoms with E-state index in [-0.39, 0.29) is 17.8 Å². The van der Waals surface area contributed by atoms with Crippen molar-refractivity contribution in [2.45, 2.75) is 25.3 Å². The smallest absolute Gasteiger partial charge is 0.316 e. The zero-order valence-corrected chi connectivity index (χ0v) is 9.10. The lowest BCUT2D eigenvalue weighted by atomic mass is 10.1. The van der Waals surface area contributed by atoms with E-state index in [1.54, 1.807) is 0 Å².